The summed E-state index contributed by atoms with van der Waals surface area (Å²) in [5.74, 6) is 1.83. The first kappa shape index (κ1) is 21.5. The SMILES string of the molecule is C=CC(=O)N1CC(N2CCN(C(=O)CSc3cc(C4CC4)c(Cl)cc3OC)CC2)C1. The van der Waals surface area contributed by atoms with Crippen LogP contribution in [0.3, 0.4) is 0 Å². The third kappa shape index (κ3) is 4.63. The van der Waals surface area contributed by atoms with Gasteiger partial charge in [-0.2, -0.15) is 0 Å². The van der Waals surface area contributed by atoms with E-state index in [9.17, 15) is 9.59 Å². The van der Waals surface area contributed by atoms with Crippen LogP contribution in [0.5, 0.6) is 5.75 Å². The highest BCUT2D eigenvalue weighted by Gasteiger charge is 2.35. The fraction of sp³-hybridized carbons (Fsp3) is 0.545. The maximum absolute atomic E-state index is 12.8. The van der Waals surface area contributed by atoms with Crippen molar-refractivity contribution in [1.82, 2.24) is 14.7 Å². The molecule has 4 rings (SSSR count). The molecule has 6 nitrogen and oxygen atoms in total. The molecule has 0 aromatic heterocycles. The van der Waals surface area contributed by atoms with Crippen LogP contribution in [0.15, 0.2) is 29.7 Å². The summed E-state index contributed by atoms with van der Waals surface area (Å²) in [6.45, 7) is 8.23. The summed E-state index contributed by atoms with van der Waals surface area (Å²) in [6.07, 6.45) is 3.73. The number of ether oxygens (including phenoxy) is 1. The number of carbonyl (C=O) groups excluding carboxylic acids is 2. The van der Waals surface area contributed by atoms with Crippen molar-refractivity contribution in [3.05, 3.63) is 35.4 Å². The number of rotatable bonds is 7. The third-order valence-corrected chi connectivity index (χ3v) is 7.53. The minimum absolute atomic E-state index is 0.000408. The van der Waals surface area contributed by atoms with Gasteiger partial charge in [-0.15, -0.1) is 11.8 Å². The van der Waals surface area contributed by atoms with Gasteiger partial charge in [0.2, 0.25) is 11.8 Å². The van der Waals surface area contributed by atoms with Crippen molar-refractivity contribution >= 4 is 35.2 Å². The molecule has 2 saturated heterocycles. The Kier molecular flexibility index (Phi) is 6.60. The van der Waals surface area contributed by atoms with Crippen molar-refractivity contribution in [3.63, 3.8) is 0 Å². The van der Waals surface area contributed by atoms with Crippen molar-refractivity contribution in [3.8, 4) is 5.75 Å². The molecule has 3 aliphatic rings. The number of hydrogen-bond acceptors (Lipinski definition) is 5. The van der Waals surface area contributed by atoms with Crippen LogP contribution < -0.4 is 4.74 Å². The second kappa shape index (κ2) is 9.20. The van der Waals surface area contributed by atoms with E-state index < -0.39 is 0 Å². The van der Waals surface area contributed by atoms with E-state index in [4.69, 9.17) is 16.3 Å². The molecule has 2 aliphatic heterocycles. The van der Waals surface area contributed by atoms with Crippen LogP contribution >= 0.6 is 23.4 Å². The number of thioether (sulfide) groups is 1. The average molecular weight is 450 g/mol. The summed E-state index contributed by atoms with van der Waals surface area (Å²) >= 11 is 7.92. The number of piperazine rings is 1. The smallest absolute Gasteiger partial charge is 0.246 e. The molecule has 1 saturated carbocycles. The largest absolute Gasteiger partial charge is 0.496 e. The highest BCUT2D eigenvalue weighted by Crippen LogP contribution is 2.46. The number of likely N-dealkylation sites (tertiary alicyclic amines) is 1. The van der Waals surface area contributed by atoms with Gasteiger partial charge >= 0.3 is 0 Å². The van der Waals surface area contributed by atoms with Gasteiger partial charge in [-0.25, -0.2) is 0 Å². The van der Waals surface area contributed by atoms with Crippen molar-refractivity contribution in [2.75, 3.05) is 52.1 Å². The number of nitrogens with zero attached hydrogens (tertiary/aromatic N) is 3. The normalized spacial score (nSPS) is 20.1. The summed E-state index contributed by atoms with van der Waals surface area (Å²) in [7, 11) is 1.64. The van der Waals surface area contributed by atoms with Gasteiger partial charge in [-0.05, 0) is 36.5 Å². The Morgan fingerprint density at radius 2 is 1.90 bits per heavy atom. The maximum atomic E-state index is 12.8. The first-order valence-electron chi connectivity index (χ1n) is 10.4. The first-order valence-corrected chi connectivity index (χ1v) is 11.8. The Labute approximate surface area is 187 Å². The van der Waals surface area contributed by atoms with Crippen LogP contribution in [0.1, 0.15) is 24.3 Å². The molecule has 2 amide bonds. The minimum atomic E-state index is -0.000408. The molecule has 0 bridgehead atoms. The van der Waals surface area contributed by atoms with E-state index in [1.54, 1.807) is 12.0 Å². The fourth-order valence-corrected chi connectivity index (χ4v) is 5.36. The quantitative estimate of drug-likeness (QED) is 0.473. The van der Waals surface area contributed by atoms with Gasteiger partial charge in [0.1, 0.15) is 5.75 Å². The lowest BCUT2D eigenvalue weighted by Crippen LogP contribution is -2.64. The predicted octanol–water partition coefficient (Wildman–Crippen LogP) is 2.86. The van der Waals surface area contributed by atoms with Gasteiger partial charge in [-0.3, -0.25) is 14.5 Å². The second-order valence-electron chi connectivity index (χ2n) is 8.11. The fourth-order valence-electron chi connectivity index (χ4n) is 4.09. The lowest BCUT2D eigenvalue weighted by Gasteiger charge is -2.47. The molecule has 1 aromatic rings. The van der Waals surface area contributed by atoms with Gasteiger partial charge in [0.05, 0.1) is 17.8 Å². The second-order valence-corrected chi connectivity index (χ2v) is 9.53. The van der Waals surface area contributed by atoms with E-state index in [1.807, 2.05) is 11.0 Å². The lowest BCUT2D eigenvalue weighted by molar-refractivity contribution is -0.135. The summed E-state index contributed by atoms with van der Waals surface area (Å²) in [6, 6.07) is 4.38. The molecular formula is C22H28ClN3O3S. The Balaban J connectivity index is 1.26. The number of halogens is 1. The molecule has 0 atom stereocenters. The highest BCUT2D eigenvalue weighted by molar-refractivity contribution is 8.00. The van der Waals surface area contributed by atoms with Gasteiger partial charge in [-0.1, -0.05) is 18.2 Å². The van der Waals surface area contributed by atoms with E-state index in [1.165, 1.54) is 36.2 Å². The predicted molar refractivity (Wildman–Crippen MR) is 119 cm³/mol. The Morgan fingerprint density at radius 1 is 1.20 bits per heavy atom. The molecule has 8 heteroatoms. The van der Waals surface area contributed by atoms with Crippen LogP contribution in [0, 0.1) is 0 Å². The number of carbonyl (C=O) groups is 2. The van der Waals surface area contributed by atoms with E-state index >= 15 is 0 Å². The number of amides is 2. The summed E-state index contributed by atoms with van der Waals surface area (Å²) in [5.41, 5.74) is 1.17. The van der Waals surface area contributed by atoms with Crippen molar-refractivity contribution in [1.29, 1.82) is 0 Å². The Hall–Kier alpha value is -1.70. The van der Waals surface area contributed by atoms with E-state index in [0.717, 1.165) is 54.9 Å². The minimum Gasteiger partial charge on any atom is -0.496 e. The molecule has 1 aromatic carbocycles. The first-order chi connectivity index (χ1) is 14.5. The molecule has 2 heterocycles. The molecule has 3 fully saturated rings. The number of hydrogen-bond donors (Lipinski definition) is 0. The summed E-state index contributed by atoms with van der Waals surface area (Å²) < 4.78 is 5.48. The lowest BCUT2D eigenvalue weighted by atomic mass is 10.1. The van der Waals surface area contributed by atoms with Crippen molar-refractivity contribution in [2.45, 2.75) is 29.7 Å². The number of methoxy groups -OCH3 is 1. The van der Waals surface area contributed by atoms with Crippen LogP contribution in [0.25, 0.3) is 0 Å². The zero-order valence-electron chi connectivity index (χ0n) is 17.3. The summed E-state index contributed by atoms with van der Waals surface area (Å²) in [4.78, 5) is 31.5. The molecule has 0 N–H and O–H groups in total. The van der Waals surface area contributed by atoms with E-state index in [2.05, 4.69) is 17.5 Å². The molecule has 0 unspecified atom stereocenters. The van der Waals surface area contributed by atoms with Gasteiger partial charge in [0.25, 0.3) is 0 Å². The van der Waals surface area contributed by atoms with Crippen LogP contribution in [-0.2, 0) is 9.59 Å². The zero-order valence-corrected chi connectivity index (χ0v) is 18.9. The van der Waals surface area contributed by atoms with E-state index in [-0.39, 0.29) is 11.8 Å². The van der Waals surface area contributed by atoms with Gasteiger partial charge in [0, 0.05) is 56.4 Å². The molecular weight excluding hydrogens is 422 g/mol. The van der Waals surface area contributed by atoms with Gasteiger partial charge < -0.3 is 14.5 Å². The van der Waals surface area contributed by atoms with Crippen molar-refractivity contribution < 1.29 is 14.3 Å². The average Bonchev–Trinajstić information content (AvgIpc) is 3.56. The maximum Gasteiger partial charge on any atom is 0.246 e. The molecule has 0 radical (unpaired) electrons. The monoisotopic (exact) mass is 449 g/mol. The topological polar surface area (TPSA) is 53.1 Å². The molecule has 162 valence electrons. The standard InChI is InChI=1S/C22H28ClN3O3S/c1-3-21(27)26-12-16(13-26)24-6-8-25(9-7-24)22(28)14-30-20-10-17(15-4-5-15)18(23)11-19(20)29-2/h3,10-11,15-16H,1,4-9,12-14H2,2H3. The van der Waals surface area contributed by atoms with E-state index in [0.29, 0.717) is 17.7 Å². The molecule has 30 heavy (non-hydrogen) atoms. The molecule has 0 spiro atoms. The van der Waals surface area contributed by atoms with Crippen LogP contribution in [-0.4, -0.2) is 84.7 Å². The zero-order chi connectivity index (χ0) is 21.3. The van der Waals surface area contributed by atoms with Crippen LogP contribution in [0.4, 0.5) is 0 Å². The third-order valence-electron chi connectivity index (χ3n) is 6.18. The van der Waals surface area contributed by atoms with Crippen LogP contribution in [0.2, 0.25) is 5.02 Å². The molecule has 1 aliphatic carbocycles. The highest BCUT2D eigenvalue weighted by atomic mass is 35.5. The Morgan fingerprint density at radius 3 is 2.50 bits per heavy atom. The van der Waals surface area contributed by atoms with Gasteiger partial charge in [0.15, 0.2) is 0 Å². The van der Waals surface area contributed by atoms with Crippen molar-refractivity contribution in [2.24, 2.45) is 0 Å². The number of benzene rings is 1. The Bertz CT molecular complexity index is 831. The summed E-state index contributed by atoms with van der Waals surface area (Å²) in [5, 5.41) is 0.755.